The highest BCUT2D eigenvalue weighted by Crippen LogP contribution is 2.28. The van der Waals surface area contributed by atoms with E-state index in [1.165, 1.54) is 0 Å². The average Bonchev–Trinajstić information content (AvgIpc) is 2.11. The molecule has 2 nitrogen and oxygen atoms in total. The van der Waals surface area contributed by atoms with Gasteiger partial charge in [-0.15, -0.1) is 0 Å². The molecule has 0 saturated heterocycles. The molecule has 1 N–H and O–H groups in total. The Hall–Kier alpha value is -1.18. The van der Waals surface area contributed by atoms with Crippen LogP contribution in [0, 0.1) is 0 Å². The Labute approximate surface area is 79.2 Å². The zero-order chi connectivity index (χ0) is 9.68. The molecule has 0 spiro atoms. The van der Waals surface area contributed by atoms with E-state index in [-0.39, 0.29) is 0 Å². The zero-order valence-electron chi connectivity index (χ0n) is 8.21. The molecule has 0 aromatic heterocycles. The van der Waals surface area contributed by atoms with E-state index in [0.717, 1.165) is 24.2 Å². The molecule has 0 unspecified atom stereocenters. The molecule has 1 aromatic rings. The first-order valence-corrected chi connectivity index (χ1v) is 4.73. The molecule has 1 aromatic carbocycles. The second kappa shape index (κ2) is 4.75. The van der Waals surface area contributed by atoms with E-state index in [0.29, 0.717) is 12.4 Å². The minimum Gasteiger partial charge on any atom is -0.508 e. The normalized spacial score (nSPS) is 10.0. The summed E-state index contributed by atoms with van der Waals surface area (Å²) in [5.41, 5.74) is 0.923. The van der Waals surface area contributed by atoms with Crippen molar-refractivity contribution >= 4 is 0 Å². The van der Waals surface area contributed by atoms with Crippen molar-refractivity contribution in [1.82, 2.24) is 0 Å². The molecule has 0 bridgehead atoms. The van der Waals surface area contributed by atoms with E-state index in [1.807, 2.05) is 13.0 Å². The predicted octanol–water partition coefficient (Wildman–Crippen LogP) is 2.74. The number of rotatable bonds is 4. The van der Waals surface area contributed by atoms with Crippen molar-refractivity contribution in [3.63, 3.8) is 0 Å². The van der Waals surface area contributed by atoms with Crippen LogP contribution in [0.25, 0.3) is 0 Å². The van der Waals surface area contributed by atoms with Crippen molar-refractivity contribution in [3.05, 3.63) is 23.8 Å². The Bertz CT molecular complexity index is 269. The largest absolute Gasteiger partial charge is 0.508 e. The number of ether oxygens (including phenoxy) is 1. The molecule has 0 aliphatic carbocycles. The van der Waals surface area contributed by atoms with Gasteiger partial charge < -0.3 is 9.84 Å². The Balaban J connectivity index is 2.95. The van der Waals surface area contributed by atoms with E-state index < -0.39 is 0 Å². The summed E-state index contributed by atoms with van der Waals surface area (Å²) >= 11 is 0. The summed E-state index contributed by atoms with van der Waals surface area (Å²) in [6.45, 7) is 4.67. The number of benzene rings is 1. The summed E-state index contributed by atoms with van der Waals surface area (Å²) in [6, 6.07) is 5.40. The van der Waals surface area contributed by atoms with Crippen molar-refractivity contribution in [3.8, 4) is 11.5 Å². The SMILES string of the molecule is CCCc1c(O)cccc1OCC. The fourth-order valence-corrected chi connectivity index (χ4v) is 1.35. The quantitative estimate of drug-likeness (QED) is 0.772. The van der Waals surface area contributed by atoms with Gasteiger partial charge in [-0.25, -0.2) is 0 Å². The molecule has 0 heterocycles. The summed E-state index contributed by atoms with van der Waals surface area (Å²) < 4.78 is 5.41. The summed E-state index contributed by atoms with van der Waals surface area (Å²) in [5.74, 6) is 1.15. The predicted molar refractivity (Wildman–Crippen MR) is 53.3 cm³/mol. The molecule has 2 heteroatoms. The van der Waals surface area contributed by atoms with E-state index in [4.69, 9.17) is 4.74 Å². The van der Waals surface area contributed by atoms with E-state index in [1.54, 1.807) is 12.1 Å². The molecular weight excluding hydrogens is 164 g/mol. The lowest BCUT2D eigenvalue weighted by atomic mass is 10.1. The molecule has 0 radical (unpaired) electrons. The van der Waals surface area contributed by atoms with Crippen LogP contribution in [0.2, 0.25) is 0 Å². The highest BCUT2D eigenvalue weighted by atomic mass is 16.5. The van der Waals surface area contributed by atoms with Gasteiger partial charge in [-0.05, 0) is 25.5 Å². The summed E-state index contributed by atoms with van der Waals surface area (Å²) in [4.78, 5) is 0. The Kier molecular flexibility index (Phi) is 3.62. The van der Waals surface area contributed by atoms with Crippen LogP contribution in [-0.4, -0.2) is 11.7 Å². The lowest BCUT2D eigenvalue weighted by Gasteiger charge is -2.10. The van der Waals surface area contributed by atoms with E-state index >= 15 is 0 Å². The average molecular weight is 180 g/mol. The molecule has 0 saturated carbocycles. The zero-order valence-corrected chi connectivity index (χ0v) is 8.21. The van der Waals surface area contributed by atoms with Crippen LogP contribution in [-0.2, 0) is 6.42 Å². The fourth-order valence-electron chi connectivity index (χ4n) is 1.35. The van der Waals surface area contributed by atoms with Gasteiger partial charge in [0.05, 0.1) is 6.61 Å². The molecule has 0 amide bonds. The summed E-state index contributed by atoms with van der Waals surface area (Å²) in [7, 11) is 0. The number of hydrogen-bond donors (Lipinski definition) is 1. The van der Waals surface area contributed by atoms with Crippen molar-refractivity contribution in [2.75, 3.05) is 6.61 Å². The van der Waals surface area contributed by atoms with Gasteiger partial charge >= 0.3 is 0 Å². The topological polar surface area (TPSA) is 29.5 Å². The van der Waals surface area contributed by atoms with Crippen molar-refractivity contribution in [2.24, 2.45) is 0 Å². The number of aromatic hydroxyl groups is 1. The van der Waals surface area contributed by atoms with Gasteiger partial charge in [0.25, 0.3) is 0 Å². The van der Waals surface area contributed by atoms with Crippen LogP contribution in [0.5, 0.6) is 11.5 Å². The lowest BCUT2D eigenvalue weighted by molar-refractivity contribution is 0.332. The lowest BCUT2D eigenvalue weighted by Crippen LogP contribution is -1.96. The van der Waals surface area contributed by atoms with Crippen molar-refractivity contribution < 1.29 is 9.84 Å². The Morgan fingerprint density at radius 3 is 2.69 bits per heavy atom. The number of hydrogen-bond acceptors (Lipinski definition) is 2. The van der Waals surface area contributed by atoms with Gasteiger partial charge in [0, 0.05) is 5.56 Å². The van der Waals surface area contributed by atoms with Crippen LogP contribution in [0.1, 0.15) is 25.8 Å². The minimum atomic E-state index is 0.341. The third-order valence-electron chi connectivity index (χ3n) is 1.91. The monoisotopic (exact) mass is 180 g/mol. The van der Waals surface area contributed by atoms with Crippen molar-refractivity contribution in [2.45, 2.75) is 26.7 Å². The second-order valence-electron chi connectivity index (χ2n) is 2.94. The van der Waals surface area contributed by atoms with Gasteiger partial charge in [-0.2, -0.15) is 0 Å². The molecule has 72 valence electrons. The first-order chi connectivity index (χ1) is 6.29. The van der Waals surface area contributed by atoms with Gasteiger partial charge in [0.15, 0.2) is 0 Å². The number of phenols is 1. The molecule has 0 aliphatic heterocycles. The van der Waals surface area contributed by atoms with E-state index in [9.17, 15) is 5.11 Å². The second-order valence-corrected chi connectivity index (χ2v) is 2.94. The molecular formula is C11H16O2. The van der Waals surface area contributed by atoms with Gasteiger partial charge in [0.1, 0.15) is 11.5 Å². The number of phenolic OH excluding ortho intramolecular Hbond substituents is 1. The molecule has 1 rings (SSSR count). The summed E-state index contributed by atoms with van der Waals surface area (Å²) in [6.07, 6.45) is 1.87. The first-order valence-electron chi connectivity index (χ1n) is 4.73. The first kappa shape index (κ1) is 9.90. The standard InChI is InChI=1S/C11H16O2/c1-3-6-9-10(12)7-5-8-11(9)13-4-2/h5,7-8,12H,3-4,6H2,1-2H3. The van der Waals surface area contributed by atoms with E-state index in [2.05, 4.69) is 6.92 Å². The van der Waals surface area contributed by atoms with Crippen LogP contribution < -0.4 is 4.74 Å². The third kappa shape index (κ3) is 2.38. The van der Waals surface area contributed by atoms with Crippen LogP contribution in [0.3, 0.4) is 0 Å². The Morgan fingerprint density at radius 2 is 2.08 bits per heavy atom. The van der Waals surface area contributed by atoms with Crippen LogP contribution >= 0.6 is 0 Å². The van der Waals surface area contributed by atoms with Gasteiger partial charge in [0.2, 0.25) is 0 Å². The third-order valence-corrected chi connectivity index (χ3v) is 1.91. The maximum Gasteiger partial charge on any atom is 0.126 e. The summed E-state index contributed by atoms with van der Waals surface area (Å²) in [5, 5.41) is 9.57. The minimum absolute atomic E-state index is 0.341. The van der Waals surface area contributed by atoms with Crippen LogP contribution in [0.4, 0.5) is 0 Å². The maximum atomic E-state index is 9.57. The molecule has 0 aliphatic rings. The highest BCUT2D eigenvalue weighted by Gasteiger charge is 2.06. The van der Waals surface area contributed by atoms with Gasteiger partial charge in [-0.1, -0.05) is 19.4 Å². The maximum absolute atomic E-state index is 9.57. The Morgan fingerprint density at radius 1 is 1.31 bits per heavy atom. The van der Waals surface area contributed by atoms with Gasteiger partial charge in [-0.3, -0.25) is 0 Å². The van der Waals surface area contributed by atoms with Crippen molar-refractivity contribution in [1.29, 1.82) is 0 Å². The molecule has 0 fully saturated rings. The fraction of sp³-hybridized carbons (Fsp3) is 0.455. The smallest absolute Gasteiger partial charge is 0.126 e. The molecule has 0 atom stereocenters. The van der Waals surface area contributed by atoms with Crippen LogP contribution in [0.15, 0.2) is 18.2 Å². The highest BCUT2D eigenvalue weighted by molar-refractivity contribution is 5.43. The molecule has 13 heavy (non-hydrogen) atoms.